The number of rotatable bonds is 6. The lowest BCUT2D eigenvalue weighted by Gasteiger charge is -2.25. The molecule has 0 saturated heterocycles. The molecule has 3 aromatic rings. The van der Waals surface area contributed by atoms with E-state index in [4.69, 9.17) is 4.42 Å². The average Bonchev–Trinajstić information content (AvgIpc) is 3.00. The Morgan fingerprint density at radius 3 is 2.47 bits per heavy atom. The zero-order chi connectivity index (χ0) is 21.4. The first-order valence-corrected chi connectivity index (χ1v) is 9.64. The van der Waals surface area contributed by atoms with Crippen molar-refractivity contribution in [2.24, 2.45) is 0 Å². The van der Waals surface area contributed by atoms with Crippen molar-refractivity contribution in [3.8, 4) is 0 Å². The fraction of sp³-hybridized carbons (Fsp3) is 0.273. The van der Waals surface area contributed by atoms with E-state index < -0.39 is 11.0 Å². The lowest BCUT2D eigenvalue weighted by Crippen LogP contribution is -2.32. The summed E-state index contributed by atoms with van der Waals surface area (Å²) in [5.41, 5.74) is 0.997. The highest BCUT2D eigenvalue weighted by Gasteiger charge is 2.42. The van der Waals surface area contributed by atoms with Gasteiger partial charge in [-0.2, -0.15) is 0 Å². The fourth-order valence-electron chi connectivity index (χ4n) is 3.88. The topological polar surface area (TPSA) is 96.9 Å². The molecule has 2 aromatic carbocycles. The van der Waals surface area contributed by atoms with Crippen LogP contribution in [0.25, 0.3) is 11.0 Å². The van der Waals surface area contributed by atoms with Crippen LogP contribution >= 0.6 is 0 Å². The lowest BCUT2D eigenvalue weighted by molar-refractivity contribution is -0.384. The molecule has 0 unspecified atom stereocenters. The third-order valence-corrected chi connectivity index (χ3v) is 5.30. The molecular formula is C22H21N3O5. The van der Waals surface area contributed by atoms with E-state index in [0.29, 0.717) is 29.5 Å². The smallest absolute Gasteiger partial charge is 0.290 e. The van der Waals surface area contributed by atoms with Gasteiger partial charge < -0.3 is 14.2 Å². The van der Waals surface area contributed by atoms with Gasteiger partial charge in [-0.15, -0.1) is 0 Å². The van der Waals surface area contributed by atoms with Gasteiger partial charge in [0.05, 0.1) is 21.9 Å². The van der Waals surface area contributed by atoms with Crippen LogP contribution in [-0.4, -0.2) is 47.8 Å². The van der Waals surface area contributed by atoms with Crippen molar-refractivity contribution >= 4 is 22.6 Å². The summed E-state index contributed by atoms with van der Waals surface area (Å²) in [5, 5.41) is 11.4. The van der Waals surface area contributed by atoms with Crippen molar-refractivity contribution in [2.75, 3.05) is 27.2 Å². The normalized spacial score (nSPS) is 15.8. The van der Waals surface area contributed by atoms with Crippen LogP contribution in [0.2, 0.25) is 0 Å². The van der Waals surface area contributed by atoms with Gasteiger partial charge in [0.15, 0.2) is 5.43 Å². The number of non-ortho nitro benzene ring substituents is 1. The Kier molecular flexibility index (Phi) is 5.09. The second-order valence-electron chi connectivity index (χ2n) is 7.58. The van der Waals surface area contributed by atoms with Gasteiger partial charge >= 0.3 is 0 Å². The predicted molar refractivity (Wildman–Crippen MR) is 112 cm³/mol. The summed E-state index contributed by atoms with van der Waals surface area (Å²) in [6.45, 7) is 1.20. The Bertz CT molecular complexity index is 1180. The summed E-state index contributed by atoms with van der Waals surface area (Å²) in [6, 6.07) is 12.2. The average molecular weight is 407 g/mol. The molecule has 154 valence electrons. The fourth-order valence-corrected chi connectivity index (χ4v) is 3.88. The van der Waals surface area contributed by atoms with Crippen LogP contribution in [0.5, 0.6) is 0 Å². The number of benzene rings is 2. The molecule has 8 heteroatoms. The molecular weight excluding hydrogens is 386 g/mol. The van der Waals surface area contributed by atoms with Crippen LogP contribution in [0.1, 0.15) is 34.1 Å². The Morgan fingerprint density at radius 1 is 1.10 bits per heavy atom. The van der Waals surface area contributed by atoms with E-state index in [9.17, 15) is 19.7 Å². The van der Waals surface area contributed by atoms with E-state index >= 15 is 0 Å². The molecule has 0 N–H and O–H groups in total. The molecule has 1 amide bonds. The summed E-state index contributed by atoms with van der Waals surface area (Å²) in [5.74, 6) is -0.290. The van der Waals surface area contributed by atoms with Crippen LogP contribution in [0.3, 0.4) is 0 Å². The molecule has 1 aliphatic heterocycles. The van der Waals surface area contributed by atoms with E-state index in [1.165, 1.54) is 12.1 Å². The molecule has 0 saturated carbocycles. The maximum atomic E-state index is 13.3. The molecule has 0 aliphatic carbocycles. The highest BCUT2D eigenvalue weighted by atomic mass is 16.6. The molecule has 8 nitrogen and oxygen atoms in total. The number of para-hydroxylation sites is 1. The minimum absolute atomic E-state index is 0.0481. The van der Waals surface area contributed by atoms with Gasteiger partial charge in [-0.25, -0.2) is 0 Å². The van der Waals surface area contributed by atoms with E-state index in [2.05, 4.69) is 0 Å². The molecule has 30 heavy (non-hydrogen) atoms. The minimum Gasteiger partial charge on any atom is -0.450 e. The van der Waals surface area contributed by atoms with E-state index in [0.717, 1.165) is 6.54 Å². The molecule has 0 fully saturated rings. The first kappa shape index (κ1) is 19.8. The highest BCUT2D eigenvalue weighted by Crippen LogP contribution is 2.38. The number of amides is 1. The number of carbonyl (C=O) groups is 1. The van der Waals surface area contributed by atoms with Crippen LogP contribution in [-0.2, 0) is 0 Å². The summed E-state index contributed by atoms with van der Waals surface area (Å²) >= 11 is 0. The van der Waals surface area contributed by atoms with E-state index in [1.54, 1.807) is 41.3 Å². The van der Waals surface area contributed by atoms with Crippen molar-refractivity contribution in [3.05, 3.63) is 85.8 Å². The summed E-state index contributed by atoms with van der Waals surface area (Å²) in [6.07, 6.45) is 0.712. The molecule has 0 bridgehead atoms. The van der Waals surface area contributed by atoms with Gasteiger partial charge in [0.2, 0.25) is 5.76 Å². The van der Waals surface area contributed by atoms with E-state index in [1.807, 2.05) is 19.0 Å². The largest absolute Gasteiger partial charge is 0.450 e. The number of nitro benzene ring substituents is 1. The molecule has 1 aromatic heterocycles. The zero-order valence-electron chi connectivity index (χ0n) is 16.7. The van der Waals surface area contributed by atoms with Crippen LogP contribution in [0.15, 0.2) is 57.7 Å². The Morgan fingerprint density at radius 2 is 1.80 bits per heavy atom. The number of fused-ring (bicyclic) bond motifs is 2. The highest BCUT2D eigenvalue weighted by molar-refractivity contribution is 5.99. The summed E-state index contributed by atoms with van der Waals surface area (Å²) in [4.78, 5) is 40.7. The third kappa shape index (κ3) is 3.35. The third-order valence-electron chi connectivity index (χ3n) is 5.30. The van der Waals surface area contributed by atoms with Crippen LogP contribution < -0.4 is 5.43 Å². The second-order valence-corrected chi connectivity index (χ2v) is 7.58. The summed E-state index contributed by atoms with van der Waals surface area (Å²) in [7, 11) is 3.90. The zero-order valence-corrected chi connectivity index (χ0v) is 16.7. The number of hydrogen-bond acceptors (Lipinski definition) is 6. The molecule has 1 atom stereocenters. The van der Waals surface area contributed by atoms with Crippen molar-refractivity contribution in [1.82, 2.24) is 9.80 Å². The Balaban J connectivity index is 1.85. The SMILES string of the molecule is CN(C)CCCN1C(=O)c2oc3ccccc3c(=O)c2[C@H]1c1ccc([N+](=O)[O-])cc1. The maximum absolute atomic E-state index is 13.3. The molecule has 4 rings (SSSR count). The Hall–Kier alpha value is -3.52. The van der Waals surface area contributed by atoms with Gasteiger partial charge in [0.1, 0.15) is 5.58 Å². The van der Waals surface area contributed by atoms with Crippen LogP contribution in [0.4, 0.5) is 5.69 Å². The predicted octanol–water partition coefficient (Wildman–Crippen LogP) is 3.20. The van der Waals surface area contributed by atoms with Crippen molar-refractivity contribution in [1.29, 1.82) is 0 Å². The van der Waals surface area contributed by atoms with Crippen molar-refractivity contribution < 1.29 is 14.1 Å². The minimum atomic E-state index is -0.642. The van der Waals surface area contributed by atoms with Gasteiger partial charge in [-0.05, 0) is 56.9 Å². The maximum Gasteiger partial charge on any atom is 0.290 e. The quantitative estimate of drug-likeness (QED) is 0.460. The molecule has 0 spiro atoms. The van der Waals surface area contributed by atoms with Crippen LogP contribution in [0, 0.1) is 10.1 Å². The second kappa shape index (κ2) is 7.72. The van der Waals surface area contributed by atoms with Gasteiger partial charge in [0, 0.05) is 18.7 Å². The van der Waals surface area contributed by atoms with Crippen molar-refractivity contribution in [3.63, 3.8) is 0 Å². The first-order chi connectivity index (χ1) is 14.4. The van der Waals surface area contributed by atoms with Gasteiger partial charge in [-0.3, -0.25) is 19.7 Å². The molecule has 1 aliphatic rings. The van der Waals surface area contributed by atoms with E-state index in [-0.39, 0.29) is 28.3 Å². The number of nitrogens with zero attached hydrogens (tertiary/aromatic N) is 3. The molecule has 0 radical (unpaired) electrons. The van der Waals surface area contributed by atoms with Crippen molar-refractivity contribution in [2.45, 2.75) is 12.5 Å². The first-order valence-electron chi connectivity index (χ1n) is 9.64. The van der Waals surface area contributed by atoms with Gasteiger partial charge in [-0.1, -0.05) is 12.1 Å². The number of nitro groups is 1. The number of carbonyl (C=O) groups excluding carboxylic acids is 1. The standard InChI is InChI=1S/C22H21N3O5/c1-23(2)12-5-13-24-19(14-8-10-15(11-9-14)25(28)29)18-20(26)16-6-3-4-7-17(16)30-21(18)22(24)27/h3-4,6-11,19H,5,12-13H2,1-2H3/t19-/m1/s1. The summed E-state index contributed by atoms with van der Waals surface area (Å²) < 4.78 is 5.86. The van der Waals surface area contributed by atoms with Gasteiger partial charge in [0.25, 0.3) is 11.6 Å². The number of hydrogen-bond donors (Lipinski definition) is 0. The lowest BCUT2D eigenvalue weighted by atomic mass is 9.98. The molecule has 2 heterocycles. The Labute approximate surface area is 172 Å². The monoisotopic (exact) mass is 407 g/mol.